The van der Waals surface area contributed by atoms with E-state index in [9.17, 15) is 5.11 Å². The lowest BCUT2D eigenvalue weighted by molar-refractivity contribution is 0.170. The minimum Gasteiger partial charge on any atom is -0.374 e. The van der Waals surface area contributed by atoms with Gasteiger partial charge in [-0.15, -0.1) is 0 Å². The second-order valence-corrected chi connectivity index (χ2v) is 3.34. The molecule has 1 aromatic carbocycles. The van der Waals surface area contributed by atoms with Crippen LogP contribution in [0, 0.1) is 6.92 Å². The summed E-state index contributed by atoms with van der Waals surface area (Å²) in [7, 11) is 1.91. The molecule has 1 unspecified atom stereocenters. The standard InChI is InChI=1S/C11H17NO/c1-4-11(13)12(3)10-7-5-6-9(2)8-10/h5-8,11,13H,4H2,1-3H3. The molecule has 0 aromatic heterocycles. The second-order valence-electron chi connectivity index (χ2n) is 3.34. The molecular weight excluding hydrogens is 162 g/mol. The molecular formula is C11H17NO. The van der Waals surface area contributed by atoms with Crippen LogP contribution in [0.25, 0.3) is 0 Å². The summed E-state index contributed by atoms with van der Waals surface area (Å²) in [5.41, 5.74) is 2.28. The van der Waals surface area contributed by atoms with Gasteiger partial charge in [0.1, 0.15) is 6.23 Å². The normalized spacial score (nSPS) is 12.6. The lowest BCUT2D eigenvalue weighted by Gasteiger charge is -2.24. The van der Waals surface area contributed by atoms with E-state index >= 15 is 0 Å². The molecule has 1 N–H and O–H groups in total. The zero-order chi connectivity index (χ0) is 9.84. The van der Waals surface area contributed by atoms with Crippen LogP contribution in [0.3, 0.4) is 0 Å². The summed E-state index contributed by atoms with van der Waals surface area (Å²) in [6, 6.07) is 8.13. The molecule has 0 bridgehead atoms. The van der Waals surface area contributed by atoms with Gasteiger partial charge in [-0.3, -0.25) is 0 Å². The molecule has 1 aromatic rings. The van der Waals surface area contributed by atoms with Crippen LogP contribution in [0.4, 0.5) is 5.69 Å². The molecule has 2 heteroatoms. The molecule has 13 heavy (non-hydrogen) atoms. The first-order valence-corrected chi connectivity index (χ1v) is 4.62. The molecule has 0 aliphatic heterocycles. The average molecular weight is 179 g/mol. The maximum absolute atomic E-state index is 9.60. The number of anilines is 1. The van der Waals surface area contributed by atoms with E-state index in [1.807, 2.05) is 31.0 Å². The minimum atomic E-state index is -0.387. The van der Waals surface area contributed by atoms with Crippen molar-refractivity contribution >= 4 is 5.69 Å². The predicted molar refractivity (Wildman–Crippen MR) is 55.9 cm³/mol. The Bertz CT molecular complexity index is 273. The summed E-state index contributed by atoms with van der Waals surface area (Å²) in [5, 5.41) is 9.60. The van der Waals surface area contributed by atoms with E-state index in [4.69, 9.17) is 0 Å². The highest BCUT2D eigenvalue weighted by Gasteiger charge is 2.08. The second kappa shape index (κ2) is 4.28. The highest BCUT2D eigenvalue weighted by molar-refractivity contribution is 5.47. The average Bonchev–Trinajstić information content (AvgIpc) is 2.15. The van der Waals surface area contributed by atoms with Crippen molar-refractivity contribution in [2.24, 2.45) is 0 Å². The van der Waals surface area contributed by atoms with Crippen LogP contribution in [-0.2, 0) is 0 Å². The van der Waals surface area contributed by atoms with Crippen LogP contribution >= 0.6 is 0 Å². The molecule has 2 nitrogen and oxygen atoms in total. The maximum Gasteiger partial charge on any atom is 0.126 e. The van der Waals surface area contributed by atoms with E-state index in [0.29, 0.717) is 0 Å². The van der Waals surface area contributed by atoms with Crippen molar-refractivity contribution in [3.8, 4) is 0 Å². The van der Waals surface area contributed by atoms with Crippen molar-refractivity contribution in [1.29, 1.82) is 0 Å². The number of hydrogen-bond donors (Lipinski definition) is 1. The molecule has 0 saturated carbocycles. The van der Waals surface area contributed by atoms with Crippen molar-refractivity contribution in [2.75, 3.05) is 11.9 Å². The number of benzene rings is 1. The van der Waals surface area contributed by atoms with Gasteiger partial charge in [-0.2, -0.15) is 0 Å². The highest BCUT2D eigenvalue weighted by atomic mass is 16.3. The van der Waals surface area contributed by atoms with Gasteiger partial charge in [0.25, 0.3) is 0 Å². The summed E-state index contributed by atoms with van der Waals surface area (Å²) < 4.78 is 0. The fraction of sp³-hybridized carbons (Fsp3) is 0.455. The molecule has 0 spiro atoms. The number of aliphatic hydroxyl groups is 1. The molecule has 0 amide bonds. The zero-order valence-corrected chi connectivity index (χ0v) is 8.49. The van der Waals surface area contributed by atoms with Gasteiger partial charge in [0.2, 0.25) is 0 Å². The van der Waals surface area contributed by atoms with Gasteiger partial charge in [-0.25, -0.2) is 0 Å². The Labute approximate surface area is 79.8 Å². The lowest BCUT2D eigenvalue weighted by Crippen LogP contribution is -2.30. The summed E-state index contributed by atoms with van der Waals surface area (Å²) in [4.78, 5) is 1.88. The Morgan fingerprint density at radius 3 is 2.69 bits per heavy atom. The van der Waals surface area contributed by atoms with E-state index in [-0.39, 0.29) is 6.23 Å². The summed E-state index contributed by atoms with van der Waals surface area (Å²) in [6.45, 7) is 4.02. The molecule has 1 atom stereocenters. The van der Waals surface area contributed by atoms with Gasteiger partial charge >= 0.3 is 0 Å². The Morgan fingerprint density at radius 1 is 1.46 bits per heavy atom. The topological polar surface area (TPSA) is 23.5 Å². The number of aliphatic hydroxyl groups excluding tert-OH is 1. The predicted octanol–water partition coefficient (Wildman–Crippen LogP) is 2.16. The van der Waals surface area contributed by atoms with Gasteiger partial charge in [-0.1, -0.05) is 19.1 Å². The van der Waals surface area contributed by atoms with Crippen LogP contribution in [0.15, 0.2) is 24.3 Å². The van der Waals surface area contributed by atoms with Crippen LogP contribution in [-0.4, -0.2) is 18.4 Å². The van der Waals surface area contributed by atoms with Crippen LogP contribution in [0.5, 0.6) is 0 Å². The number of nitrogens with zero attached hydrogens (tertiary/aromatic N) is 1. The van der Waals surface area contributed by atoms with Gasteiger partial charge < -0.3 is 10.0 Å². The Balaban J connectivity index is 2.82. The Kier molecular flexibility index (Phi) is 3.32. The quantitative estimate of drug-likeness (QED) is 0.719. The van der Waals surface area contributed by atoms with Gasteiger partial charge in [0, 0.05) is 12.7 Å². The third-order valence-electron chi connectivity index (χ3n) is 2.22. The van der Waals surface area contributed by atoms with Crippen molar-refractivity contribution in [1.82, 2.24) is 0 Å². The minimum absolute atomic E-state index is 0.387. The van der Waals surface area contributed by atoms with E-state index in [0.717, 1.165) is 12.1 Å². The first kappa shape index (κ1) is 10.1. The first-order chi connectivity index (χ1) is 6.15. The van der Waals surface area contributed by atoms with Crippen LogP contribution in [0.1, 0.15) is 18.9 Å². The number of hydrogen-bond acceptors (Lipinski definition) is 2. The third kappa shape index (κ3) is 2.46. The number of rotatable bonds is 3. The zero-order valence-electron chi connectivity index (χ0n) is 8.49. The largest absolute Gasteiger partial charge is 0.374 e. The molecule has 0 radical (unpaired) electrons. The van der Waals surface area contributed by atoms with Crippen molar-refractivity contribution in [3.05, 3.63) is 29.8 Å². The lowest BCUT2D eigenvalue weighted by atomic mass is 10.2. The fourth-order valence-electron chi connectivity index (χ4n) is 1.29. The third-order valence-corrected chi connectivity index (χ3v) is 2.22. The van der Waals surface area contributed by atoms with E-state index in [1.54, 1.807) is 0 Å². The molecule has 0 aliphatic carbocycles. The highest BCUT2D eigenvalue weighted by Crippen LogP contribution is 2.16. The van der Waals surface area contributed by atoms with Crippen LogP contribution in [0.2, 0.25) is 0 Å². The molecule has 0 saturated heterocycles. The van der Waals surface area contributed by atoms with Gasteiger partial charge in [-0.05, 0) is 31.0 Å². The summed E-state index contributed by atoms with van der Waals surface area (Å²) in [6.07, 6.45) is 0.353. The molecule has 0 aliphatic rings. The number of aryl methyl sites for hydroxylation is 1. The first-order valence-electron chi connectivity index (χ1n) is 4.62. The Morgan fingerprint density at radius 2 is 2.15 bits per heavy atom. The fourth-order valence-corrected chi connectivity index (χ4v) is 1.29. The van der Waals surface area contributed by atoms with Gasteiger partial charge in [0.05, 0.1) is 0 Å². The van der Waals surface area contributed by atoms with Crippen molar-refractivity contribution in [3.63, 3.8) is 0 Å². The molecule has 72 valence electrons. The maximum atomic E-state index is 9.60. The molecule has 0 fully saturated rings. The smallest absolute Gasteiger partial charge is 0.126 e. The monoisotopic (exact) mass is 179 g/mol. The molecule has 0 heterocycles. The molecule has 1 rings (SSSR count). The van der Waals surface area contributed by atoms with Crippen molar-refractivity contribution in [2.45, 2.75) is 26.5 Å². The Hall–Kier alpha value is -1.02. The van der Waals surface area contributed by atoms with E-state index in [2.05, 4.69) is 19.1 Å². The van der Waals surface area contributed by atoms with Crippen molar-refractivity contribution < 1.29 is 5.11 Å². The SMILES string of the molecule is CCC(O)N(C)c1cccc(C)c1. The van der Waals surface area contributed by atoms with Gasteiger partial charge in [0.15, 0.2) is 0 Å². The summed E-state index contributed by atoms with van der Waals surface area (Å²) in [5.74, 6) is 0. The van der Waals surface area contributed by atoms with E-state index in [1.165, 1.54) is 5.56 Å². The van der Waals surface area contributed by atoms with E-state index < -0.39 is 0 Å². The summed E-state index contributed by atoms with van der Waals surface area (Å²) >= 11 is 0. The van der Waals surface area contributed by atoms with Crippen LogP contribution < -0.4 is 4.90 Å².